The fourth-order valence-electron chi connectivity index (χ4n) is 2.16. The Hall–Kier alpha value is -1.56. The molecule has 0 unspecified atom stereocenters. The predicted octanol–water partition coefficient (Wildman–Crippen LogP) is 2.33. The van der Waals surface area contributed by atoms with Crippen LogP contribution in [0.4, 0.5) is 13.2 Å². The molecule has 0 aromatic heterocycles. The molecule has 0 saturated heterocycles. The minimum Gasteiger partial charge on any atom is -0.272 e. The number of carbonyl (C=O) groups excluding carboxylic acids is 1. The zero-order valence-electron chi connectivity index (χ0n) is 10.2. The van der Waals surface area contributed by atoms with Crippen molar-refractivity contribution in [1.82, 2.24) is 5.48 Å². The zero-order valence-corrected chi connectivity index (χ0v) is 10.2. The maximum Gasteiger partial charge on any atom is 0.414 e. The summed E-state index contributed by atoms with van der Waals surface area (Å²) < 4.78 is 35.4. The lowest BCUT2D eigenvalue weighted by Gasteiger charge is -2.09. The van der Waals surface area contributed by atoms with Crippen LogP contribution < -0.4 is 5.48 Å². The van der Waals surface area contributed by atoms with E-state index in [9.17, 15) is 18.0 Å². The van der Waals surface area contributed by atoms with E-state index in [0.717, 1.165) is 24.8 Å². The van der Waals surface area contributed by atoms with Crippen LogP contribution in [-0.4, -0.2) is 18.7 Å². The molecule has 1 N–H and O–H groups in total. The summed E-state index contributed by atoms with van der Waals surface area (Å²) in [5.41, 5.74) is 5.10. The summed E-state index contributed by atoms with van der Waals surface area (Å²) in [7, 11) is 0. The van der Waals surface area contributed by atoms with E-state index in [-0.39, 0.29) is 6.42 Å². The minimum absolute atomic E-state index is 0.0190. The number of rotatable bonds is 4. The number of hydrogen-bond acceptors (Lipinski definition) is 2. The number of fused-ring (bicyclic) bond motifs is 1. The second-order valence-electron chi connectivity index (χ2n) is 4.56. The van der Waals surface area contributed by atoms with Gasteiger partial charge in [0.2, 0.25) is 5.91 Å². The summed E-state index contributed by atoms with van der Waals surface area (Å²) in [5, 5.41) is 0. The second-order valence-corrected chi connectivity index (χ2v) is 4.56. The summed E-state index contributed by atoms with van der Waals surface area (Å²) in [5.74, 6) is -0.581. The van der Waals surface area contributed by atoms with Gasteiger partial charge in [-0.2, -0.15) is 13.2 Å². The predicted molar refractivity (Wildman–Crippen MR) is 62.3 cm³/mol. The van der Waals surface area contributed by atoms with Gasteiger partial charge in [0, 0.05) is 0 Å². The average Bonchev–Trinajstić information content (AvgIpc) is 2.74. The summed E-state index contributed by atoms with van der Waals surface area (Å²) in [6, 6.07) is 5.74. The van der Waals surface area contributed by atoms with Crippen LogP contribution >= 0.6 is 0 Å². The molecule has 2 rings (SSSR count). The number of hydroxylamine groups is 1. The van der Waals surface area contributed by atoms with Crippen molar-refractivity contribution in [2.45, 2.75) is 31.9 Å². The van der Waals surface area contributed by atoms with E-state index in [1.54, 1.807) is 5.48 Å². The molecule has 0 heterocycles. The highest BCUT2D eigenvalue weighted by Crippen LogP contribution is 2.23. The van der Waals surface area contributed by atoms with Crippen LogP contribution in [0, 0.1) is 0 Å². The molecule has 3 nitrogen and oxygen atoms in total. The van der Waals surface area contributed by atoms with E-state index < -0.39 is 18.7 Å². The number of halogens is 3. The Labute approximate surface area is 108 Å². The van der Waals surface area contributed by atoms with Gasteiger partial charge in [-0.1, -0.05) is 18.2 Å². The van der Waals surface area contributed by atoms with E-state index >= 15 is 0 Å². The van der Waals surface area contributed by atoms with E-state index in [1.807, 2.05) is 18.2 Å². The highest BCUT2D eigenvalue weighted by Gasteiger charge is 2.28. The number of aryl methyl sites for hydroxylation is 2. The molecule has 1 aliphatic carbocycles. The maximum absolute atomic E-state index is 11.8. The van der Waals surface area contributed by atoms with Gasteiger partial charge in [0.1, 0.15) is 0 Å². The summed E-state index contributed by atoms with van der Waals surface area (Å²) in [6.45, 7) is -1.48. The first kappa shape index (κ1) is 13.9. The first-order valence-electron chi connectivity index (χ1n) is 6.02. The van der Waals surface area contributed by atoms with E-state index in [1.165, 1.54) is 11.1 Å². The molecule has 6 heteroatoms. The van der Waals surface area contributed by atoms with Gasteiger partial charge in [-0.25, -0.2) is 5.48 Å². The monoisotopic (exact) mass is 273 g/mol. The topological polar surface area (TPSA) is 38.3 Å². The molecular weight excluding hydrogens is 259 g/mol. The van der Waals surface area contributed by atoms with Crippen LogP contribution in [0.3, 0.4) is 0 Å². The molecule has 0 radical (unpaired) electrons. The Kier molecular flexibility index (Phi) is 4.09. The number of benzene rings is 1. The van der Waals surface area contributed by atoms with E-state index in [0.29, 0.717) is 0 Å². The number of hydrogen-bond donors (Lipinski definition) is 1. The molecule has 19 heavy (non-hydrogen) atoms. The van der Waals surface area contributed by atoms with Gasteiger partial charge in [-0.05, 0) is 36.0 Å². The molecule has 0 spiro atoms. The molecule has 0 fully saturated rings. The molecule has 0 atom stereocenters. The lowest BCUT2D eigenvalue weighted by Crippen LogP contribution is -2.30. The Morgan fingerprint density at radius 3 is 2.74 bits per heavy atom. The lowest BCUT2D eigenvalue weighted by molar-refractivity contribution is -0.191. The van der Waals surface area contributed by atoms with Crippen LogP contribution in [0.2, 0.25) is 0 Å². The summed E-state index contributed by atoms with van der Waals surface area (Å²) in [6.07, 6.45) is -1.27. The minimum atomic E-state index is -4.44. The molecule has 0 aliphatic heterocycles. The van der Waals surface area contributed by atoms with Gasteiger partial charge in [-0.3, -0.25) is 9.63 Å². The zero-order chi connectivity index (χ0) is 13.9. The van der Waals surface area contributed by atoms with Crippen molar-refractivity contribution in [3.05, 3.63) is 34.9 Å². The molecule has 104 valence electrons. The molecule has 1 aromatic rings. The van der Waals surface area contributed by atoms with Crippen molar-refractivity contribution in [3.63, 3.8) is 0 Å². The van der Waals surface area contributed by atoms with Crippen molar-refractivity contribution in [2.24, 2.45) is 0 Å². The third-order valence-electron chi connectivity index (χ3n) is 2.95. The Morgan fingerprint density at radius 1 is 1.26 bits per heavy atom. The fraction of sp³-hybridized carbons (Fsp3) is 0.462. The lowest BCUT2D eigenvalue weighted by atomic mass is 10.0. The van der Waals surface area contributed by atoms with Crippen molar-refractivity contribution < 1.29 is 22.8 Å². The van der Waals surface area contributed by atoms with Crippen LogP contribution in [0.5, 0.6) is 0 Å². The second kappa shape index (κ2) is 5.61. The Morgan fingerprint density at radius 2 is 2.00 bits per heavy atom. The Balaban J connectivity index is 1.82. The van der Waals surface area contributed by atoms with Gasteiger partial charge in [0.25, 0.3) is 0 Å². The van der Waals surface area contributed by atoms with Crippen LogP contribution in [-0.2, 0) is 28.9 Å². The number of carbonyl (C=O) groups is 1. The van der Waals surface area contributed by atoms with Crippen LogP contribution in [0.1, 0.15) is 23.1 Å². The molecule has 1 amide bonds. The third-order valence-corrected chi connectivity index (χ3v) is 2.95. The molecule has 0 bridgehead atoms. The highest BCUT2D eigenvalue weighted by atomic mass is 19.4. The van der Waals surface area contributed by atoms with Crippen LogP contribution in [0.25, 0.3) is 0 Å². The van der Waals surface area contributed by atoms with Gasteiger partial charge in [0.15, 0.2) is 6.61 Å². The molecule has 0 saturated carbocycles. The maximum atomic E-state index is 11.8. The Bertz CT molecular complexity index is 471. The number of alkyl halides is 3. The normalized spacial score (nSPS) is 14.3. The SMILES string of the molecule is O=C(Cc1ccc2c(c1)CCC2)NOCC(F)(F)F. The quantitative estimate of drug-likeness (QED) is 0.855. The van der Waals surface area contributed by atoms with Crippen molar-refractivity contribution in [3.8, 4) is 0 Å². The van der Waals surface area contributed by atoms with Gasteiger partial charge >= 0.3 is 6.18 Å². The summed E-state index contributed by atoms with van der Waals surface area (Å²) >= 11 is 0. The van der Waals surface area contributed by atoms with Crippen molar-refractivity contribution >= 4 is 5.91 Å². The average molecular weight is 273 g/mol. The van der Waals surface area contributed by atoms with E-state index in [2.05, 4.69) is 4.84 Å². The first-order chi connectivity index (χ1) is 8.94. The summed E-state index contributed by atoms with van der Waals surface area (Å²) in [4.78, 5) is 15.5. The van der Waals surface area contributed by atoms with Gasteiger partial charge in [-0.15, -0.1) is 0 Å². The number of amides is 1. The van der Waals surface area contributed by atoms with Crippen molar-refractivity contribution in [2.75, 3.05) is 6.61 Å². The third kappa shape index (κ3) is 4.24. The number of nitrogens with one attached hydrogen (secondary N) is 1. The fourth-order valence-corrected chi connectivity index (χ4v) is 2.16. The molecule has 1 aromatic carbocycles. The van der Waals surface area contributed by atoms with Gasteiger partial charge < -0.3 is 0 Å². The first-order valence-corrected chi connectivity index (χ1v) is 6.02. The van der Waals surface area contributed by atoms with Crippen LogP contribution in [0.15, 0.2) is 18.2 Å². The smallest absolute Gasteiger partial charge is 0.272 e. The molecule has 1 aliphatic rings. The highest BCUT2D eigenvalue weighted by molar-refractivity contribution is 5.77. The van der Waals surface area contributed by atoms with E-state index in [4.69, 9.17) is 0 Å². The van der Waals surface area contributed by atoms with Gasteiger partial charge in [0.05, 0.1) is 6.42 Å². The van der Waals surface area contributed by atoms with Crippen molar-refractivity contribution in [1.29, 1.82) is 0 Å². The largest absolute Gasteiger partial charge is 0.414 e. The standard InChI is InChI=1S/C13H14F3NO2/c14-13(15,16)8-19-17-12(18)7-9-4-5-10-2-1-3-11(10)6-9/h4-6H,1-3,7-8H2,(H,17,18). The molecular formula is C13H14F3NO2.